The van der Waals surface area contributed by atoms with E-state index in [0.29, 0.717) is 19.0 Å². The van der Waals surface area contributed by atoms with Crippen LogP contribution in [0.25, 0.3) is 0 Å². The number of benzene rings is 1. The lowest BCUT2D eigenvalue weighted by molar-refractivity contribution is 0.0951. The monoisotopic (exact) mass is 317 g/mol. The molecule has 0 radical (unpaired) electrons. The Balaban J connectivity index is 1.59. The molecule has 0 aliphatic carbocycles. The van der Waals surface area contributed by atoms with Crippen molar-refractivity contribution in [2.24, 2.45) is 5.10 Å². The number of nitrogens with one attached hydrogen (secondary N) is 1. The van der Waals surface area contributed by atoms with Crippen LogP contribution in [0.3, 0.4) is 0 Å². The Morgan fingerprint density at radius 3 is 2.78 bits per heavy atom. The summed E-state index contributed by atoms with van der Waals surface area (Å²) < 4.78 is 24.4. The van der Waals surface area contributed by atoms with E-state index in [2.05, 4.69) is 15.4 Å². The fourth-order valence-electron chi connectivity index (χ4n) is 2.23. The molecule has 1 N–H and O–H groups in total. The Kier molecular flexibility index (Phi) is 4.68. The summed E-state index contributed by atoms with van der Waals surface area (Å²) in [5.41, 5.74) is 2.22. The first-order valence-corrected chi connectivity index (χ1v) is 7.24. The highest BCUT2D eigenvalue weighted by Gasteiger charge is 2.14. The predicted molar refractivity (Wildman–Crippen MR) is 83.2 cm³/mol. The van der Waals surface area contributed by atoms with Gasteiger partial charge in [-0.3, -0.25) is 4.79 Å². The van der Waals surface area contributed by atoms with Crippen molar-refractivity contribution in [3.63, 3.8) is 0 Å². The van der Waals surface area contributed by atoms with Gasteiger partial charge < -0.3 is 14.1 Å². The fraction of sp³-hybridized carbons (Fsp3) is 0.250. The minimum atomic E-state index is -0.612. The Morgan fingerprint density at radius 1 is 1.22 bits per heavy atom. The van der Waals surface area contributed by atoms with Gasteiger partial charge in [-0.05, 0) is 18.2 Å². The Hall–Kier alpha value is -2.67. The molecule has 0 unspecified atom stereocenters. The van der Waals surface area contributed by atoms with Crippen LogP contribution in [0.4, 0.5) is 10.3 Å². The average molecular weight is 317 g/mol. The van der Waals surface area contributed by atoms with Crippen molar-refractivity contribution in [1.29, 1.82) is 0 Å². The van der Waals surface area contributed by atoms with Gasteiger partial charge in [-0.1, -0.05) is 12.1 Å². The van der Waals surface area contributed by atoms with E-state index in [4.69, 9.17) is 9.15 Å². The lowest BCUT2D eigenvalue weighted by Gasteiger charge is -2.26. The van der Waals surface area contributed by atoms with Crippen molar-refractivity contribution >= 4 is 18.0 Å². The molecule has 0 bridgehead atoms. The van der Waals surface area contributed by atoms with E-state index in [9.17, 15) is 9.18 Å². The molecule has 1 aromatic heterocycles. The summed E-state index contributed by atoms with van der Waals surface area (Å²) in [7, 11) is 0. The number of hydrazone groups is 1. The summed E-state index contributed by atoms with van der Waals surface area (Å²) in [6.07, 6.45) is 1.38. The second kappa shape index (κ2) is 7.06. The van der Waals surface area contributed by atoms with E-state index in [-0.39, 0.29) is 5.56 Å². The van der Waals surface area contributed by atoms with Crippen molar-refractivity contribution in [2.45, 2.75) is 0 Å². The largest absolute Gasteiger partial charge is 0.440 e. The lowest BCUT2D eigenvalue weighted by atomic mass is 10.2. The number of furan rings is 1. The highest BCUT2D eigenvalue weighted by molar-refractivity contribution is 5.94. The Labute approximate surface area is 132 Å². The minimum Gasteiger partial charge on any atom is -0.440 e. The van der Waals surface area contributed by atoms with E-state index >= 15 is 0 Å². The highest BCUT2D eigenvalue weighted by atomic mass is 19.1. The van der Waals surface area contributed by atoms with E-state index in [0.717, 1.165) is 19.0 Å². The molecule has 1 aliphatic rings. The first kappa shape index (κ1) is 15.2. The summed E-state index contributed by atoms with van der Waals surface area (Å²) in [4.78, 5) is 13.9. The van der Waals surface area contributed by atoms with Crippen LogP contribution in [0, 0.1) is 5.82 Å². The van der Waals surface area contributed by atoms with Gasteiger partial charge >= 0.3 is 0 Å². The zero-order valence-electron chi connectivity index (χ0n) is 12.4. The summed E-state index contributed by atoms with van der Waals surface area (Å²) in [6.45, 7) is 2.88. The summed E-state index contributed by atoms with van der Waals surface area (Å²) >= 11 is 0. The fourth-order valence-corrected chi connectivity index (χ4v) is 2.23. The van der Waals surface area contributed by atoms with Gasteiger partial charge in [-0.15, -0.1) is 0 Å². The number of nitrogens with zero attached hydrogens (tertiary/aromatic N) is 2. The summed E-state index contributed by atoms with van der Waals surface area (Å²) in [5.74, 6) is 0.0302. The third kappa shape index (κ3) is 3.75. The van der Waals surface area contributed by atoms with E-state index in [1.807, 2.05) is 6.07 Å². The number of morpholine rings is 1. The second-order valence-corrected chi connectivity index (χ2v) is 4.95. The van der Waals surface area contributed by atoms with Crippen molar-refractivity contribution in [2.75, 3.05) is 31.2 Å². The molecule has 0 saturated carbocycles. The van der Waals surface area contributed by atoms with Crippen LogP contribution >= 0.6 is 0 Å². The number of carbonyl (C=O) groups is 1. The first-order valence-electron chi connectivity index (χ1n) is 7.24. The second-order valence-electron chi connectivity index (χ2n) is 4.95. The topological polar surface area (TPSA) is 67.1 Å². The van der Waals surface area contributed by atoms with Crippen molar-refractivity contribution in [1.82, 2.24) is 5.43 Å². The molecule has 1 aliphatic heterocycles. The molecule has 3 rings (SSSR count). The van der Waals surface area contributed by atoms with E-state index in [1.54, 1.807) is 12.1 Å². The van der Waals surface area contributed by atoms with Crippen LogP contribution in [-0.2, 0) is 4.74 Å². The normalized spacial score (nSPS) is 15.1. The number of hydrogen-bond acceptors (Lipinski definition) is 5. The maximum Gasteiger partial charge on any atom is 0.274 e. The third-order valence-corrected chi connectivity index (χ3v) is 3.41. The van der Waals surface area contributed by atoms with Gasteiger partial charge in [0.1, 0.15) is 11.6 Å². The molecule has 2 heterocycles. The molecule has 1 saturated heterocycles. The van der Waals surface area contributed by atoms with E-state index < -0.39 is 11.7 Å². The number of amides is 1. The van der Waals surface area contributed by atoms with Gasteiger partial charge in [0.05, 0.1) is 25.0 Å². The number of carbonyl (C=O) groups excluding carboxylic acids is 1. The van der Waals surface area contributed by atoms with Gasteiger partial charge in [0.15, 0.2) is 5.88 Å². The molecule has 1 fully saturated rings. The summed E-state index contributed by atoms with van der Waals surface area (Å²) in [5, 5.41) is 3.79. The van der Waals surface area contributed by atoms with Gasteiger partial charge in [0, 0.05) is 19.2 Å². The third-order valence-electron chi connectivity index (χ3n) is 3.41. The highest BCUT2D eigenvalue weighted by Crippen LogP contribution is 2.18. The maximum atomic E-state index is 13.5. The number of hydrogen-bond donors (Lipinski definition) is 1. The maximum absolute atomic E-state index is 13.5. The van der Waals surface area contributed by atoms with Gasteiger partial charge in [0.25, 0.3) is 5.91 Å². The molecule has 1 amide bonds. The van der Waals surface area contributed by atoms with Crippen LogP contribution in [0.1, 0.15) is 16.1 Å². The molecular formula is C16H16FN3O3. The quantitative estimate of drug-likeness (QED) is 0.692. The standard InChI is InChI=1S/C16H16FN3O3/c17-14-4-2-1-3-13(14)16(21)19-18-11-12-5-6-15(23-12)20-7-9-22-10-8-20/h1-6,11H,7-10H2,(H,19,21)/b18-11-. The molecular weight excluding hydrogens is 301 g/mol. The number of ether oxygens (including phenoxy) is 1. The van der Waals surface area contributed by atoms with Crippen LogP contribution in [0.5, 0.6) is 0 Å². The van der Waals surface area contributed by atoms with Crippen LogP contribution in [0.2, 0.25) is 0 Å². The predicted octanol–water partition coefficient (Wildman–Crippen LogP) is 2.02. The molecule has 0 atom stereocenters. The van der Waals surface area contributed by atoms with Gasteiger partial charge in [-0.2, -0.15) is 5.10 Å². The minimum absolute atomic E-state index is 0.0573. The smallest absolute Gasteiger partial charge is 0.274 e. The van der Waals surface area contributed by atoms with Crippen LogP contribution in [0.15, 0.2) is 45.9 Å². The molecule has 6 nitrogen and oxygen atoms in total. The Morgan fingerprint density at radius 2 is 2.00 bits per heavy atom. The summed E-state index contributed by atoms with van der Waals surface area (Å²) in [6, 6.07) is 9.31. The Bertz CT molecular complexity index is 708. The van der Waals surface area contributed by atoms with E-state index in [1.165, 1.54) is 24.4 Å². The van der Waals surface area contributed by atoms with Crippen molar-refractivity contribution in [3.8, 4) is 0 Å². The van der Waals surface area contributed by atoms with Crippen LogP contribution in [-0.4, -0.2) is 38.4 Å². The van der Waals surface area contributed by atoms with Gasteiger partial charge in [0.2, 0.25) is 0 Å². The SMILES string of the molecule is O=C(N/N=C\c1ccc(N2CCOCC2)o1)c1ccccc1F. The molecule has 1 aromatic carbocycles. The zero-order valence-corrected chi connectivity index (χ0v) is 12.4. The lowest BCUT2D eigenvalue weighted by Crippen LogP contribution is -2.35. The van der Waals surface area contributed by atoms with Crippen molar-refractivity contribution < 1.29 is 18.3 Å². The number of anilines is 1. The van der Waals surface area contributed by atoms with Crippen LogP contribution < -0.4 is 10.3 Å². The molecule has 2 aromatic rings. The number of rotatable bonds is 4. The first-order chi connectivity index (χ1) is 11.2. The molecule has 0 spiro atoms. The number of halogens is 1. The molecule has 120 valence electrons. The zero-order chi connectivity index (χ0) is 16.1. The molecule has 7 heteroatoms. The van der Waals surface area contributed by atoms with Gasteiger partial charge in [-0.25, -0.2) is 9.82 Å². The van der Waals surface area contributed by atoms with Crippen molar-refractivity contribution in [3.05, 3.63) is 53.5 Å². The molecule has 23 heavy (non-hydrogen) atoms. The average Bonchev–Trinajstić information content (AvgIpc) is 3.05.